The Hall–Kier alpha value is -2.35. The Morgan fingerprint density at radius 3 is 2.70 bits per heavy atom. The van der Waals surface area contributed by atoms with Crippen molar-refractivity contribution in [1.82, 2.24) is 20.0 Å². The Labute approximate surface area is 159 Å². The van der Waals surface area contributed by atoms with Gasteiger partial charge in [-0.1, -0.05) is 6.92 Å². The molecule has 2 saturated heterocycles. The fourth-order valence-electron chi connectivity index (χ4n) is 3.59. The minimum absolute atomic E-state index is 0.00372. The molecule has 0 spiro atoms. The quantitative estimate of drug-likeness (QED) is 0.740. The molecule has 8 heteroatoms. The first-order chi connectivity index (χ1) is 13.1. The van der Waals surface area contributed by atoms with Gasteiger partial charge in [0.2, 0.25) is 17.7 Å². The molecule has 1 N–H and O–H groups in total. The number of piperazine rings is 1. The SMILES string of the molecule is CCCNC(=O)CN1CCN(C(=O)C2CC(=O)N(Cc3ccco3)C2)CC1. The van der Waals surface area contributed by atoms with Crippen LogP contribution < -0.4 is 5.32 Å². The highest BCUT2D eigenvalue weighted by Crippen LogP contribution is 2.23. The molecule has 3 heterocycles. The van der Waals surface area contributed by atoms with Crippen LogP contribution in [-0.2, 0) is 20.9 Å². The molecule has 8 nitrogen and oxygen atoms in total. The van der Waals surface area contributed by atoms with Crippen molar-refractivity contribution in [3.05, 3.63) is 24.2 Å². The summed E-state index contributed by atoms with van der Waals surface area (Å²) in [5.41, 5.74) is 0. The van der Waals surface area contributed by atoms with Crippen LogP contribution in [0, 0.1) is 5.92 Å². The number of rotatable bonds is 7. The number of furan rings is 1. The molecule has 27 heavy (non-hydrogen) atoms. The third-order valence-corrected chi connectivity index (χ3v) is 5.11. The Morgan fingerprint density at radius 1 is 1.26 bits per heavy atom. The predicted molar refractivity (Wildman–Crippen MR) is 98.6 cm³/mol. The van der Waals surface area contributed by atoms with Crippen molar-refractivity contribution in [1.29, 1.82) is 0 Å². The number of nitrogens with one attached hydrogen (secondary N) is 1. The van der Waals surface area contributed by atoms with Crippen LogP contribution in [0.15, 0.2) is 22.8 Å². The number of hydrogen-bond acceptors (Lipinski definition) is 5. The van der Waals surface area contributed by atoms with Crippen LogP contribution in [0.3, 0.4) is 0 Å². The first-order valence-electron chi connectivity index (χ1n) is 9.64. The van der Waals surface area contributed by atoms with E-state index in [-0.39, 0.29) is 30.1 Å². The molecule has 148 valence electrons. The number of hydrogen-bond donors (Lipinski definition) is 1. The van der Waals surface area contributed by atoms with E-state index in [0.717, 1.165) is 12.2 Å². The maximum Gasteiger partial charge on any atom is 0.234 e. The first kappa shape index (κ1) is 19.4. The summed E-state index contributed by atoms with van der Waals surface area (Å²) in [4.78, 5) is 42.4. The molecule has 2 fully saturated rings. The number of nitrogens with zero attached hydrogens (tertiary/aromatic N) is 3. The molecular formula is C19H28N4O4. The third-order valence-electron chi connectivity index (χ3n) is 5.11. The molecule has 1 unspecified atom stereocenters. The van der Waals surface area contributed by atoms with Crippen LogP contribution in [0.1, 0.15) is 25.5 Å². The van der Waals surface area contributed by atoms with E-state index in [1.165, 1.54) is 0 Å². The fourth-order valence-corrected chi connectivity index (χ4v) is 3.59. The monoisotopic (exact) mass is 376 g/mol. The molecule has 0 saturated carbocycles. The molecule has 0 aliphatic carbocycles. The van der Waals surface area contributed by atoms with Crippen LogP contribution in [0.25, 0.3) is 0 Å². The van der Waals surface area contributed by atoms with Gasteiger partial charge in [-0.2, -0.15) is 0 Å². The van der Waals surface area contributed by atoms with Crippen molar-refractivity contribution >= 4 is 17.7 Å². The van der Waals surface area contributed by atoms with Crippen molar-refractivity contribution < 1.29 is 18.8 Å². The van der Waals surface area contributed by atoms with E-state index in [2.05, 4.69) is 10.2 Å². The van der Waals surface area contributed by atoms with E-state index in [1.54, 1.807) is 17.2 Å². The Morgan fingerprint density at radius 2 is 2.04 bits per heavy atom. The Balaban J connectivity index is 1.44. The molecule has 2 aliphatic rings. The van der Waals surface area contributed by atoms with E-state index >= 15 is 0 Å². The van der Waals surface area contributed by atoms with E-state index in [4.69, 9.17) is 4.42 Å². The molecule has 2 aliphatic heterocycles. The number of amides is 3. The highest BCUT2D eigenvalue weighted by molar-refractivity contribution is 5.89. The lowest BCUT2D eigenvalue weighted by molar-refractivity contribution is -0.137. The van der Waals surface area contributed by atoms with Crippen LogP contribution in [-0.4, -0.2) is 78.2 Å². The minimum Gasteiger partial charge on any atom is -0.467 e. The van der Waals surface area contributed by atoms with Gasteiger partial charge in [-0.3, -0.25) is 19.3 Å². The molecule has 0 bridgehead atoms. The molecule has 1 aromatic rings. The topological polar surface area (TPSA) is 86.1 Å². The summed E-state index contributed by atoms with van der Waals surface area (Å²) in [6, 6.07) is 3.62. The third kappa shape index (κ3) is 5.09. The number of likely N-dealkylation sites (tertiary alicyclic amines) is 1. The second-order valence-electron chi connectivity index (χ2n) is 7.21. The van der Waals surface area contributed by atoms with E-state index in [9.17, 15) is 14.4 Å². The zero-order valence-corrected chi connectivity index (χ0v) is 15.9. The summed E-state index contributed by atoms with van der Waals surface area (Å²) in [6.07, 6.45) is 2.77. The van der Waals surface area contributed by atoms with Crippen molar-refractivity contribution in [2.24, 2.45) is 5.92 Å². The molecule has 3 amide bonds. The number of carbonyl (C=O) groups is 3. The highest BCUT2D eigenvalue weighted by atomic mass is 16.3. The van der Waals surface area contributed by atoms with Crippen molar-refractivity contribution in [3.63, 3.8) is 0 Å². The molecule has 0 aromatic carbocycles. The molecule has 0 radical (unpaired) electrons. The van der Waals surface area contributed by atoms with Crippen molar-refractivity contribution in [2.75, 3.05) is 45.8 Å². The van der Waals surface area contributed by atoms with Gasteiger partial charge in [-0.25, -0.2) is 0 Å². The average molecular weight is 376 g/mol. The van der Waals surface area contributed by atoms with Gasteiger partial charge >= 0.3 is 0 Å². The minimum atomic E-state index is -0.285. The Kier molecular flexibility index (Phi) is 6.49. The van der Waals surface area contributed by atoms with E-state index < -0.39 is 0 Å². The highest BCUT2D eigenvalue weighted by Gasteiger charge is 2.37. The van der Waals surface area contributed by atoms with Gasteiger partial charge in [-0.15, -0.1) is 0 Å². The van der Waals surface area contributed by atoms with Crippen LogP contribution >= 0.6 is 0 Å². The van der Waals surface area contributed by atoms with Crippen molar-refractivity contribution in [2.45, 2.75) is 26.3 Å². The van der Waals surface area contributed by atoms with Crippen molar-refractivity contribution in [3.8, 4) is 0 Å². The van der Waals surface area contributed by atoms with Gasteiger partial charge < -0.3 is 19.5 Å². The zero-order valence-electron chi connectivity index (χ0n) is 15.9. The summed E-state index contributed by atoms with van der Waals surface area (Å²) in [5.74, 6) is 0.515. The summed E-state index contributed by atoms with van der Waals surface area (Å²) in [7, 11) is 0. The van der Waals surface area contributed by atoms with Crippen LogP contribution in [0.4, 0.5) is 0 Å². The maximum atomic E-state index is 12.8. The molecule has 1 atom stereocenters. The molecule has 3 rings (SSSR count). The van der Waals surface area contributed by atoms with Gasteiger partial charge in [-0.05, 0) is 18.6 Å². The fraction of sp³-hybridized carbons (Fsp3) is 0.632. The summed E-state index contributed by atoms with van der Waals surface area (Å²) in [6.45, 7) is 6.51. The van der Waals surface area contributed by atoms with Gasteiger partial charge in [0.05, 0.1) is 25.3 Å². The second-order valence-corrected chi connectivity index (χ2v) is 7.21. The van der Waals surface area contributed by atoms with E-state index in [0.29, 0.717) is 52.4 Å². The predicted octanol–water partition coefficient (Wildman–Crippen LogP) is 0.299. The van der Waals surface area contributed by atoms with Gasteiger partial charge in [0, 0.05) is 45.7 Å². The van der Waals surface area contributed by atoms with E-state index in [1.807, 2.05) is 17.9 Å². The Bertz CT molecular complexity index is 653. The lowest BCUT2D eigenvalue weighted by atomic mass is 10.1. The number of carbonyl (C=O) groups excluding carboxylic acids is 3. The second kappa shape index (κ2) is 9.03. The summed E-state index contributed by atoms with van der Waals surface area (Å²) in [5, 5.41) is 2.87. The molecular weight excluding hydrogens is 348 g/mol. The normalized spacial score (nSPS) is 20.9. The lowest BCUT2D eigenvalue weighted by Gasteiger charge is -2.35. The first-order valence-corrected chi connectivity index (χ1v) is 9.64. The van der Waals surface area contributed by atoms with Gasteiger partial charge in [0.15, 0.2) is 0 Å². The summed E-state index contributed by atoms with van der Waals surface area (Å²) < 4.78 is 5.30. The average Bonchev–Trinajstić information content (AvgIpc) is 3.30. The molecule has 1 aromatic heterocycles. The zero-order chi connectivity index (χ0) is 19.2. The standard InChI is InChI=1S/C19H28N4O4/c1-2-5-20-17(24)14-21-6-8-22(9-7-21)19(26)15-11-18(25)23(12-15)13-16-4-3-10-27-16/h3-4,10,15H,2,5-9,11-14H2,1H3,(H,20,24). The largest absolute Gasteiger partial charge is 0.467 e. The van der Waals surface area contributed by atoms with Crippen LogP contribution in [0.5, 0.6) is 0 Å². The summed E-state index contributed by atoms with van der Waals surface area (Å²) >= 11 is 0. The van der Waals surface area contributed by atoms with Gasteiger partial charge in [0.1, 0.15) is 5.76 Å². The maximum absolute atomic E-state index is 12.8. The smallest absolute Gasteiger partial charge is 0.234 e. The van der Waals surface area contributed by atoms with Gasteiger partial charge in [0.25, 0.3) is 0 Å². The van der Waals surface area contributed by atoms with Crippen LogP contribution in [0.2, 0.25) is 0 Å². The lowest BCUT2D eigenvalue weighted by Crippen LogP contribution is -2.52.